The predicted molar refractivity (Wildman–Crippen MR) is 274 cm³/mol. The van der Waals surface area contributed by atoms with Crippen LogP contribution in [0.2, 0.25) is 0 Å². The van der Waals surface area contributed by atoms with E-state index in [-0.39, 0.29) is 25.8 Å². The summed E-state index contributed by atoms with van der Waals surface area (Å²) in [7, 11) is 4.18. The van der Waals surface area contributed by atoms with Crippen LogP contribution in [0.5, 0.6) is 11.5 Å². The van der Waals surface area contributed by atoms with Gasteiger partial charge in [0.05, 0.1) is 33.4 Å². The zero-order chi connectivity index (χ0) is 45.5. The average molecular weight is 1030 g/mol. The monoisotopic (exact) mass is 1030 g/mol. The number of aromatic nitrogens is 2. The summed E-state index contributed by atoms with van der Waals surface area (Å²) in [6.45, 7) is 14.6. The molecule has 0 atom stereocenters. The van der Waals surface area contributed by atoms with Gasteiger partial charge < -0.3 is 24.2 Å². The Hall–Kier alpha value is -6.51. The van der Waals surface area contributed by atoms with E-state index in [4.69, 9.17) is 0 Å². The van der Waals surface area contributed by atoms with Crippen LogP contribution < -0.4 is 0 Å². The average Bonchev–Trinajstić information content (AvgIpc) is 3.83. The van der Waals surface area contributed by atoms with Gasteiger partial charge in [-0.2, -0.15) is 49.2 Å². The van der Waals surface area contributed by atoms with Crippen molar-refractivity contribution >= 4 is 43.6 Å². The van der Waals surface area contributed by atoms with E-state index in [0.29, 0.717) is 24.5 Å². The van der Waals surface area contributed by atoms with Gasteiger partial charge in [0, 0.05) is 53.3 Å². The largest absolute Gasteiger partial charge is 4.00 e. The van der Waals surface area contributed by atoms with Gasteiger partial charge in [0.15, 0.2) is 0 Å². The molecule has 10 aromatic rings. The first kappa shape index (κ1) is 47.5. The van der Waals surface area contributed by atoms with E-state index in [0.717, 1.165) is 86.5 Å². The van der Waals surface area contributed by atoms with Gasteiger partial charge in [0.2, 0.25) is 0 Å². The van der Waals surface area contributed by atoms with Crippen molar-refractivity contribution in [1.29, 1.82) is 0 Å². The molecule has 0 bridgehead atoms. The molecule has 0 spiro atoms. The number of phenols is 2. The quantitative estimate of drug-likeness (QED) is 0.106. The van der Waals surface area contributed by atoms with Crippen LogP contribution >= 0.6 is 0 Å². The third-order valence-electron chi connectivity index (χ3n) is 11.9. The summed E-state index contributed by atoms with van der Waals surface area (Å²) in [6, 6.07) is 61.8. The Kier molecular flexibility index (Phi) is 15.6. The van der Waals surface area contributed by atoms with Gasteiger partial charge in [-0.15, -0.1) is 24.3 Å². The van der Waals surface area contributed by atoms with Crippen molar-refractivity contribution in [3.05, 3.63) is 229 Å². The fourth-order valence-corrected chi connectivity index (χ4v) is 8.77. The van der Waals surface area contributed by atoms with Crippen molar-refractivity contribution in [1.82, 2.24) is 18.9 Å². The Bertz CT molecular complexity index is 3050. The zero-order valence-electron chi connectivity index (χ0n) is 38.5. The molecule has 0 aliphatic rings. The first-order valence-electron chi connectivity index (χ1n) is 22.3. The zero-order valence-corrected chi connectivity index (χ0v) is 42.0. The van der Waals surface area contributed by atoms with Crippen LogP contribution in [0.3, 0.4) is 0 Å². The molecular weight excluding hydrogens is 975 g/mol. The molecule has 0 saturated heterocycles. The first-order chi connectivity index (χ1) is 31.6. The number of rotatable bonds is 10. The van der Waals surface area contributed by atoms with E-state index in [1.807, 2.05) is 60.7 Å². The van der Waals surface area contributed by atoms with Crippen LogP contribution in [0, 0.1) is 27.7 Å². The molecule has 2 heterocycles. The number of likely N-dealkylation sites (N-methyl/N-ethyl adjacent to an activating group) is 1. The molecule has 8 aromatic carbocycles. The van der Waals surface area contributed by atoms with Crippen LogP contribution in [0.4, 0.5) is 0 Å². The molecule has 0 aliphatic carbocycles. The van der Waals surface area contributed by atoms with Gasteiger partial charge in [0.25, 0.3) is 0 Å². The Morgan fingerprint density at radius 2 is 0.788 bits per heavy atom. The molecule has 0 amide bonds. The summed E-state index contributed by atoms with van der Waals surface area (Å²) < 4.78 is 4.39. The standard InChI is InChI=1S/C45H44N4O2.2C7H7.Hf/c1-30-25-32(44(50)42(27-30)48-38-17-9-5-13-34(38)35-14-6-10-18-39(35)48)21-22-47(24-23-46(3)4)29-33-26-31(2)28-43(45(33)51)49-40-19-11-7-15-36(40)37-16-8-12-20-41(37)49;2*1-7-5-3-2-4-6-7;/h5-20,25-28,50-51H,21-24,29H2,1-4H3;2*2-6H,1H2;/q;2*-1;+4. The minimum atomic E-state index is 0. The fourth-order valence-electron chi connectivity index (χ4n) is 8.77. The van der Waals surface area contributed by atoms with Crippen molar-refractivity contribution in [3.63, 3.8) is 0 Å². The van der Waals surface area contributed by atoms with Gasteiger partial charge in [0.1, 0.15) is 11.5 Å². The minimum Gasteiger partial charge on any atom is -0.505 e. The van der Waals surface area contributed by atoms with Crippen LogP contribution in [-0.2, 0) is 38.8 Å². The molecule has 0 radical (unpaired) electrons. The molecule has 0 unspecified atom stereocenters. The van der Waals surface area contributed by atoms with Crippen molar-refractivity contribution in [2.75, 3.05) is 33.7 Å². The minimum absolute atomic E-state index is 0. The Labute approximate surface area is 408 Å². The number of hydrogen-bond acceptors (Lipinski definition) is 4. The molecule has 6 nitrogen and oxygen atoms in total. The van der Waals surface area contributed by atoms with Crippen molar-refractivity contribution in [2.45, 2.75) is 26.8 Å². The third-order valence-corrected chi connectivity index (χ3v) is 11.9. The number of aryl methyl sites for hydroxylation is 2. The molecule has 328 valence electrons. The molecular formula is C59H58HfN4O2+2. The first-order valence-corrected chi connectivity index (χ1v) is 22.3. The molecule has 0 aliphatic heterocycles. The SMILES string of the molecule is Cc1cc(CCN(CCN(C)C)Cc2cc(C)cc(-n3c4ccccc4c4ccccc43)c2O)c(O)c(-n2c3ccccc3c3ccccc32)c1.[CH2-]c1ccccc1.[CH2-]c1ccccc1.[Hf+4]. The molecule has 66 heavy (non-hydrogen) atoms. The van der Waals surface area contributed by atoms with Crippen molar-refractivity contribution in [3.8, 4) is 22.9 Å². The fraction of sp³-hybridized carbons (Fsp3) is 0.153. The summed E-state index contributed by atoms with van der Waals surface area (Å²) in [5, 5.41) is 28.6. The number of nitrogens with zero attached hydrogens (tertiary/aromatic N) is 4. The smallest absolute Gasteiger partial charge is 0.505 e. The summed E-state index contributed by atoms with van der Waals surface area (Å²) in [5.74, 6) is 0.612. The van der Waals surface area contributed by atoms with E-state index in [2.05, 4.69) is 182 Å². The van der Waals surface area contributed by atoms with Gasteiger partial charge >= 0.3 is 25.8 Å². The molecule has 0 saturated carbocycles. The Morgan fingerprint density at radius 3 is 1.15 bits per heavy atom. The third kappa shape index (κ3) is 10.6. The second-order valence-corrected chi connectivity index (χ2v) is 17.1. The van der Waals surface area contributed by atoms with Crippen molar-refractivity contribution in [2.24, 2.45) is 0 Å². The second kappa shape index (κ2) is 21.7. The van der Waals surface area contributed by atoms with Gasteiger partial charge in [-0.25, -0.2) is 0 Å². The number of para-hydroxylation sites is 4. The topological polar surface area (TPSA) is 56.8 Å². The van der Waals surface area contributed by atoms with Crippen LogP contribution in [0.15, 0.2) is 182 Å². The summed E-state index contributed by atoms with van der Waals surface area (Å²) >= 11 is 0. The van der Waals surface area contributed by atoms with Crippen LogP contribution in [-0.4, -0.2) is 62.9 Å². The maximum atomic E-state index is 12.0. The van der Waals surface area contributed by atoms with Crippen molar-refractivity contribution < 1.29 is 36.1 Å². The predicted octanol–water partition coefficient (Wildman–Crippen LogP) is 13.3. The molecule has 2 N–H and O–H groups in total. The number of phenolic OH excluding ortho intramolecular Hbond substituents is 2. The van der Waals surface area contributed by atoms with Gasteiger partial charge in [-0.3, -0.25) is 4.90 Å². The van der Waals surface area contributed by atoms with E-state index in [9.17, 15) is 10.2 Å². The summed E-state index contributed by atoms with van der Waals surface area (Å²) in [6.07, 6.45) is 0.664. The summed E-state index contributed by atoms with van der Waals surface area (Å²) in [4.78, 5) is 4.59. The Balaban J connectivity index is 0.000000369. The second-order valence-electron chi connectivity index (χ2n) is 17.1. The van der Waals surface area contributed by atoms with E-state index < -0.39 is 0 Å². The molecule has 10 rings (SSSR count). The molecule has 2 aromatic heterocycles. The number of benzene rings is 8. The Morgan fingerprint density at radius 1 is 0.439 bits per heavy atom. The van der Waals surface area contributed by atoms with E-state index in [1.54, 1.807) is 0 Å². The summed E-state index contributed by atoms with van der Waals surface area (Å²) in [5.41, 5.74) is 12.0. The van der Waals surface area contributed by atoms with E-state index in [1.165, 1.54) is 21.5 Å². The van der Waals surface area contributed by atoms with Gasteiger partial charge in [-0.1, -0.05) is 97.1 Å². The normalized spacial score (nSPS) is 11.1. The van der Waals surface area contributed by atoms with Gasteiger partial charge in [-0.05, 0) is 87.5 Å². The van der Waals surface area contributed by atoms with Crippen LogP contribution in [0.1, 0.15) is 33.4 Å². The maximum Gasteiger partial charge on any atom is 4.00 e. The van der Waals surface area contributed by atoms with E-state index >= 15 is 0 Å². The number of aromatic hydroxyl groups is 2. The maximum absolute atomic E-state index is 12.0. The number of hydrogen-bond donors (Lipinski definition) is 2. The molecule has 0 fully saturated rings. The number of fused-ring (bicyclic) bond motifs is 6. The molecule has 7 heteroatoms. The van der Waals surface area contributed by atoms with Crippen LogP contribution in [0.25, 0.3) is 55.0 Å².